The summed E-state index contributed by atoms with van der Waals surface area (Å²) in [5, 5.41) is 17.4. The minimum atomic E-state index is -0.0550. The van der Waals surface area contributed by atoms with Crippen LogP contribution >= 0.6 is 0 Å². The fourth-order valence-corrected chi connectivity index (χ4v) is 1.22. The van der Waals surface area contributed by atoms with Gasteiger partial charge in [0.2, 0.25) is 0 Å². The normalized spacial score (nSPS) is 8.88. The number of hydrogen-bond acceptors (Lipinski definition) is 4. The number of nitrogens with zero attached hydrogens (tertiary/aromatic N) is 2. The third-order valence-electron chi connectivity index (χ3n) is 2.09. The third kappa shape index (κ3) is 3.98. The van der Waals surface area contributed by atoms with Gasteiger partial charge in [0.25, 0.3) is 0 Å². The second kappa shape index (κ2) is 7.05. The van der Waals surface area contributed by atoms with Crippen LogP contribution in [0.2, 0.25) is 0 Å². The van der Waals surface area contributed by atoms with Crippen LogP contribution in [-0.4, -0.2) is 13.7 Å². The molecule has 0 saturated carbocycles. The van der Waals surface area contributed by atoms with Crippen molar-refractivity contribution in [2.75, 3.05) is 13.7 Å². The van der Waals surface area contributed by atoms with Crippen molar-refractivity contribution in [2.24, 2.45) is 0 Å². The van der Waals surface area contributed by atoms with Gasteiger partial charge in [0, 0.05) is 0 Å². The first-order valence-electron chi connectivity index (χ1n) is 5.00. The second-order valence-electron chi connectivity index (χ2n) is 3.20. The van der Waals surface area contributed by atoms with Gasteiger partial charge >= 0.3 is 0 Å². The second-order valence-corrected chi connectivity index (χ2v) is 3.20. The number of nitriles is 2. The molecule has 0 fully saturated rings. The van der Waals surface area contributed by atoms with Crippen LogP contribution in [0, 0.1) is 22.7 Å². The lowest BCUT2D eigenvalue weighted by Gasteiger charge is -2.07. The van der Waals surface area contributed by atoms with Crippen molar-refractivity contribution in [1.29, 1.82) is 10.5 Å². The lowest BCUT2D eigenvalue weighted by molar-refractivity contribution is 0.103. The zero-order valence-electron chi connectivity index (χ0n) is 9.51. The minimum Gasteiger partial charge on any atom is -0.496 e. The lowest BCUT2D eigenvalue weighted by atomic mass is 10.2. The highest BCUT2D eigenvalue weighted by molar-refractivity contribution is 5.38. The summed E-state index contributed by atoms with van der Waals surface area (Å²) >= 11 is 0. The molecule has 0 atom stereocenters. The van der Waals surface area contributed by atoms with Crippen molar-refractivity contribution >= 4 is 0 Å². The molecule has 1 rings (SSSR count). The molecule has 17 heavy (non-hydrogen) atoms. The SMILES string of the molecule is COC(COCc1ccccc1)=C(C#N)C#N. The predicted octanol–water partition coefficient (Wildman–Crippen LogP) is 2.15. The Balaban J connectivity index is 2.54. The summed E-state index contributed by atoms with van der Waals surface area (Å²) in [6.45, 7) is 0.527. The molecule has 0 unspecified atom stereocenters. The largest absolute Gasteiger partial charge is 0.496 e. The zero-order chi connectivity index (χ0) is 12.5. The molecule has 1 aromatic rings. The summed E-state index contributed by atoms with van der Waals surface area (Å²) in [5.41, 5.74) is 0.971. The third-order valence-corrected chi connectivity index (χ3v) is 2.09. The van der Waals surface area contributed by atoms with Gasteiger partial charge in [-0.2, -0.15) is 10.5 Å². The molecule has 0 amide bonds. The van der Waals surface area contributed by atoms with Crippen LogP contribution in [0.25, 0.3) is 0 Å². The average Bonchev–Trinajstić information content (AvgIpc) is 2.39. The Morgan fingerprint density at radius 3 is 2.35 bits per heavy atom. The molecular formula is C13H12N2O2. The fourth-order valence-electron chi connectivity index (χ4n) is 1.22. The summed E-state index contributed by atoms with van der Waals surface area (Å²) in [6, 6.07) is 13.2. The quantitative estimate of drug-likeness (QED) is 0.572. The molecule has 4 nitrogen and oxygen atoms in total. The van der Waals surface area contributed by atoms with Crippen molar-refractivity contribution in [3.05, 3.63) is 47.2 Å². The molecule has 0 saturated heterocycles. The average molecular weight is 228 g/mol. The molecule has 1 aromatic carbocycles. The molecule has 0 aromatic heterocycles. The zero-order valence-corrected chi connectivity index (χ0v) is 9.51. The summed E-state index contributed by atoms with van der Waals surface area (Å²) in [4.78, 5) is 0. The first kappa shape index (κ1) is 12.8. The molecule has 0 spiro atoms. The Labute approximate surface area is 100 Å². The van der Waals surface area contributed by atoms with E-state index < -0.39 is 0 Å². The fraction of sp³-hybridized carbons (Fsp3) is 0.231. The number of rotatable bonds is 5. The maximum Gasteiger partial charge on any atom is 0.169 e. The molecule has 0 N–H and O–H groups in total. The number of hydrogen-bond donors (Lipinski definition) is 0. The molecule has 4 heteroatoms. The van der Waals surface area contributed by atoms with Gasteiger partial charge in [-0.3, -0.25) is 0 Å². The minimum absolute atomic E-state index is 0.0550. The monoisotopic (exact) mass is 228 g/mol. The summed E-state index contributed by atoms with van der Waals surface area (Å²) in [5.74, 6) is 0.255. The van der Waals surface area contributed by atoms with Crippen LogP contribution < -0.4 is 0 Å². The van der Waals surface area contributed by atoms with Gasteiger partial charge in [-0.15, -0.1) is 0 Å². The van der Waals surface area contributed by atoms with Gasteiger partial charge in [-0.05, 0) is 5.56 Å². The maximum atomic E-state index is 8.68. The highest BCUT2D eigenvalue weighted by atomic mass is 16.5. The van der Waals surface area contributed by atoms with Crippen LogP contribution in [0.3, 0.4) is 0 Å². The van der Waals surface area contributed by atoms with Crippen molar-refractivity contribution in [2.45, 2.75) is 6.61 Å². The van der Waals surface area contributed by atoms with Crippen LogP contribution in [-0.2, 0) is 16.1 Å². The van der Waals surface area contributed by atoms with Crippen LogP contribution in [0.5, 0.6) is 0 Å². The Morgan fingerprint density at radius 2 is 1.82 bits per heavy atom. The van der Waals surface area contributed by atoms with Gasteiger partial charge in [0.05, 0.1) is 13.7 Å². The summed E-state index contributed by atoms with van der Waals surface area (Å²) in [6.07, 6.45) is 0. The van der Waals surface area contributed by atoms with E-state index in [0.717, 1.165) is 5.56 Å². The van der Waals surface area contributed by atoms with E-state index in [4.69, 9.17) is 20.0 Å². The van der Waals surface area contributed by atoms with Gasteiger partial charge in [-0.1, -0.05) is 30.3 Å². The highest BCUT2D eigenvalue weighted by Crippen LogP contribution is 2.07. The van der Waals surface area contributed by atoms with Crippen molar-refractivity contribution in [1.82, 2.24) is 0 Å². The molecule has 86 valence electrons. The van der Waals surface area contributed by atoms with E-state index in [0.29, 0.717) is 6.61 Å². The number of methoxy groups -OCH3 is 1. The molecule has 0 radical (unpaired) electrons. The van der Waals surface area contributed by atoms with E-state index in [2.05, 4.69) is 0 Å². The van der Waals surface area contributed by atoms with Crippen LogP contribution in [0.15, 0.2) is 41.7 Å². The number of ether oxygens (including phenoxy) is 2. The van der Waals surface area contributed by atoms with Gasteiger partial charge < -0.3 is 9.47 Å². The van der Waals surface area contributed by atoms with E-state index in [-0.39, 0.29) is 17.9 Å². The first-order chi connectivity index (χ1) is 8.31. The van der Waals surface area contributed by atoms with Gasteiger partial charge in [0.1, 0.15) is 24.5 Å². The highest BCUT2D eigenvalue weighted by Gasteiger charge is 2.06. The smallest absolute Gasteiger partial charge is 0.169 e. The van der Waals surface area contributed by atoms with Crippen molar-refractivity contribution in [3.63, 3.8) is 0 Å². The maximum absolute atomic E-state index is 8.68. The lowest BCUT2D eigenvalue weighted by Crippen LogP contribution is -2.03. The topological polar surface area (TPSA) is 66.0 Å². The molecule has 0 aliphatic heterocycles. The van der Waals surface area contributed by atoms with Crippen molar-refractivity contribution < 1.29 is 9.47 Å². The molecule has 0 heterocycles. The molecule has 0 aliphatic rings. The van der Waals surface area contributed by atoms with E-state index >= 15 is 0 Å². The van der Waals surface area contributed by atoms with E-state index in [1.807, 2.05) is 30.3 Å². The van der Waals surface area contributed by atoms with E-state index in [1.54, 1.807) is 12.1 Å². The Bertz CT molecular complexity index is 450. The van der Waals surface area contributed by atoms with E-state index in [9.17, 15) is 0 Å². The van der Waals surface area contributed by atoms with Gasteiger partial charge in [-0.25, -0.2) is 0 Å². The molecule has 0 aliphatic carbocycles. The number of benzene rings is 1. The predicted molar refractivity (Wildman–Crippen MR) is 61.4 cm³/mol. The Kier molecular flexibility index (Phi) is 5.30. The Morgan fingerprint density at radius 1 is 1.18 bits per heavy atom. The summed E-state index contributed by atoms with van der Waals surface area (Å²) in [7, 11) is 1.41. The molecular weight excluding hydrogens is 216 g/mol. The molecule has 0 bridgehead atoms. The van der Waals surface area contributed by atoms with Crippen LogP contribution in [0.1, 0.15) is 5.56 Å². The summed E-state index contributed by atoms with van der Waals surface area (Å²) < 4.78 is 10.3. The van der Waals surface area contributed by atoms with E-state index in [1.165, 1.54) is 7.11 Å². The Hall–Kier alpha value is -2.30. The van der Waals surface area contributed by atoms with Gasteiger partial charge in [0.15, 0.2) is 5.57 Å². The first-order valence-corrected chi connectivity index (χ1v) is 5.00. The standard InChI is InChI=1S/C13H12N2O2/c1-16-13(12(7-14)8-15)10-17-9-11-5-3-2-4-6-11/h2-6H,9-10H2,1H3. The number of allylic oxidation sites excluding steroid dienone is 1. The van der Waals surface area contributed by atoms with Crippen LogP contribution in [0.4, 0.5) is 0 Å². The van der Waals surface area contributed by atoms with Crippen molar-refractivity contribution in [3.8, 4) is 12.1 Å².